The standard InChI is InChI=1S/C15H17ClN2O2S/c1-10(7-14-5-3-11(2)21-14)17-9-12-8-13(18(19)20)4-6-15(12)16/h3-6,8,10,17H,7,9H2,1-2H3. The smallest absolute Gasteiger partial charge is 0.269 e. The highest BCUT2D eigenvalue weighted by Crippen LogP contribution is 2.22. The van der Waals surface area contributed by atoms with Crippen LogP contribution in [-0.2, 0) is 13.0 Å². The maximum absolute atomic E-state index is 10.8. The Balaban J connectivity index is 1.95. The van der Waals surface area contributed by atoms with Crippen LogP contribution in [0.15, 0.2) is 30.3 Å². The fourth-order valence-corrected chi connectivity index (χ4v) is 3.27. The van der Waals surface area contributed by atoms with Crippen LogP contribution in [0.5, 0.6) is 0 Å². The molecule has 1 unspecified atom stereocenters. The lowest BCUT2D eigenvalue weighted by Crippen LogP contribution is -2.27. The lowest BCUT2D eigenvalue weighted by atomic mass is 10.1. The summed E-state index contributed by atoms with van der Waals surface area (Å²) < 4.78 is 0. The topological polar surface area (TPSA) is 55.2 Å². The van der Waals surface area contributed by atoms with Crippen molar-refractivity contribution < 1.29 is 4.92 Å². The summed E-state index contributed by atoms with van der Waals surface area (Å²) in [7, 11) is 0. The summed E-state index contributed by atoms with van der Waals surface area (Å²) in [6.45, 7) is 4.71. The number of rotatable bonds is 6. The molecule has 0 fully saturated rings. The second-order valence-electron chi connectivity index (χ2n) is 5.03. The summed E-state index contributed by atoms with van der Waals surface area (Å²) in [6.07, 6.45) is 0.936. The molecule has 21 heavy (non-hydrogen) atoms. The first-order valence-electron chi connectivity index (χ1n) is 6.67. The molecule has 112 valence electrons. The Bertz CT molecular complexity index is 642. The molecule has 0 saturated heterocycles. The van der Waals surface area contributed by atoms with Crippen LogP contribution in [0.1, 0.15) is 22.2 Å². The van der Waals surface area contributed by atoms with Crippen molar-refractivity contribution in [1.82, 2.24) is 5.32 Å². The second-order valence-corrected chi connectivity index (χ2v) is 6.81. The van der Waals surface area contributed by atoms with Gasteiger partial charge in [0, 0.05) is 39.5 Å². The van der Waals surface area contributed by atoms with Gasteiger partial charge < -0.3 is 5.32 Å². The van der Waals surface area contributed by atoms with Crippen molar-refractivity contribution in [2.45, 2.75) is 32.9 Å². The van der Waals surface area contributed by atoms with Crippen molar-refractivity contribution in [3.8, 4) is 0 Å². The molecule has 0 radical (unpaired) electrons. The van der Waals surface area contributed by atoms with Gasteiger partial charge >= 0.3 is 0 Å². The van der Waals surface area contributed by atoms with Gasteiger partial charge in [0.2, 0.25) is 0 Å². The van der Waals surface area contributed by atoms with Gasteiger partial charge in [-0.2, -0.15) is 0 Å². The van der Waals surface area contributed by atoms with E-state index < -0.39 is 4.92 Å². The highest BCUT2D eigenvalue weighted by atomic mass is 35.5. The molecular formula is C15H17ClN2O2S. The molecule has 1 atom stereocenters. The Morgan fingerprint density at radius 2 is 2.14 bits per heavy atom. The fourth-order valence-electron chi connectivity index (χ4n) is 2.06. The molecule has 1 aromatic heterocycles. The monoisotopic (exact) mass is 324 g/mol. The Hall–Kier alpha value is -1.43. The van der Waals surface area contributed by atoms with Gasteiger partial charge in [-0.1, -0.05) is 11.6 Å². The average Bonchev–Trinajstić information content (AvgIpc) is 2.82. The number of nitro groups is 1. The number of nitrogens with one attached hydrogen (secondary N) is 1. The number of hydrogen-bond acceptors (Lipinski definition) is 4. The van der Waals surface area contributed by atoms with E-state index in [1.807, 2.05) is 0 Å². The van der Waals surface area contributed by atoms with E-state index in [2.05, 4.69) is 31.3 Å². The molecule has 2 rings (SSSR count). The van der Waals surface area contributed by atoms with E-state index >= 15 is 0 Å². The van der Waals surface area contributed by atoms with Crippen molar-refractivity contribution >= 4 is 28.6 Å². The Morgan fingerprint density at radius 1 is 1.38 bits per heavy atom. The summed E-state index contributed by atoms with van der Waals surface area (Å²) in [4.78, 5) is 13.0. The number of aryl methyl sites for hydroxylation is 1. The summed E-state index contributed by atoms with van der Waals surface area (Å²) in [5, 5.41) is 14.7. The molecule has 0 amide bonds. The molecule has 1 N–H and O–H groups in total. The molecular weight excluding hydrogens is 308 g/mol. The van der Waals surface area contributed by atoms with Gasteiger partial charge in [-0.15, -0.1) is 11.3 Å². The van der Waals surface area contributed by atoms with E-state index in [1.165, 1.54) is 21.9 Å². The third-order valence-electron chi connectivity index (χ3n) is 3.18. The maximum atomic E-state index is 10.8. The molecule has 0 bridgehead atoms. The molecule has 0 aliphatic heterocycles. The van der Waals surface area contributed by atoms with Gasteiger partial charge in [-0.3, -0.25) is 10.1 Å². The van der Waals surface area contributed by atoms with Gasteiger partial charge in [-0.05, 0) is 44.0 Å². The molecule has 0 saturated carbocycles. The predicted molar refractivity (Wildman–Crippen MR) is 87.2 cm³/mol. The third kappa shape index (κ3) is 4.52. The number of benzene rings is 1. The first-order valence-corrected chi connectivity index (χ1v) is 7.86. The molecule has 0 aliphatic rings. The average molecular weight is 325 g/mol. The number of thiophene rings is 1. The molecule has 2 aromatic rings. The zero-order valence-corrected chi connectivity index (χ0v) is 13.5. The van der Waals surface area contributed by atoms with Gasteiger partial charge in [0.25, 0.3) is 5.69 Å². The van der Waals surface area contributed by atoms with Crippen LogP contribution in [-0.4, -0.2) is 11.0 Å². The highest BCUT2D eigenvalue weighted by Gasteiger charge is 2.11. The normalized spacial score (nSPS) is 12.3. The Labute approximate surface area is 132 Å². The third-order valence-corrected chi connectivity index (χ3v) is 4.58. The summed E-state index contributed by atoms with van der Waals surface area (Å²) in [5.74, 6) is 0. The van der Waals surface area contributed by atoms with Crippen molar-refractivity contribution in [3.05, 3.63) is 60.8 Å². The Morgan fingerprint density at radius 3 is 2.76 bits per heavy atom. The van der Waals surface area contributed by atoms with E-state index in [1.54, 1.807) is 17.4 Å². The number of nitro benzene ring substituents is 1. The van der Waals surface area contributed by atoms with E-state index in [4.69, 9.17) is 11.6 Å². The number of halogens is 1. The highest BCUT2D eigenvalue weighted by molar-refractivity contribution is 7.11. The molecule has 1 aromatic carbocycles. The van der Waals surface area contributed by atoms with Crippen LogP contribution in [0, 0.1) is 17.0 Å². The fraction of sp³-hybridized carbons (Fsp3) is 0.333. The van der Waals surface area contributed by atoms with Gasteiger partial charge in [0.15, 0.2) is 0 Å². The van der Waals surface area contributed by atoms with Crippen molar-refractivity contribution in [1.29, 1.82) is 0 Å². The van der Waals surface area contributed by atoms with Gasteiger partial charge in [-0.25, -0.2) is 0 Å². The van der Waals surface area contributed by atoms with E-state index in [-0.39, 0.29) is 11.7 Å². The molecule has 0 aliphatic carbocycles. The minimum Gasteiger partial charge on any atom is -0.310 e. The summed E-state index contributed by atoms with van der Waals surface area (Å²) in [5.41, 5.74) is 0.817. The van der Waals surface area contributed by atoms with Crippen molar-refractivity contribution in [3.63, 3.8) is 0 Å². The SMILES string of the molecule is Cc1ccc(CC(C)NCc2cc([N+](=O)[O-])ccc2Cl)s1. The van der Waals surface area contributed by atoms with E-state index in [0.717, 1.165) is 12.0 Å². The van der Waals surface area contributed by atoms with Crippen LogP contribution in [0.2, 0.25) is 5.02 Å². The maximum Gasteiger partial charge on any atom is 0.269 e. The van der Waals surface area contributed by atoms with Crippen molar-refractivity contribution in [2.24, 2.45) is 0 Å². The predicted octanol–water partition coefficient (Wildman–Crippen LogP) is 4.34. The minimum atomic E-state index is -0.405. The number of nitrogens with zero attached hydrogens (tertiary/aromatic N) is 1. The quantitative estimate of drug-likeness (QED) is 0.635. The van der Waals surface area contributed by atoms with Crippen LogP contribution in [0.4, 0.5) is 5.69 Å². The van der Waals surface area contributed by atoms with Crippen LogP contribution in [0.3, 0.4) is 0 Å². The molecule has 6 heteroatoms. The van der Waals surface area contributed by atoms with Crippen LogP contribution >= 0.6 is 22.9 Å². The molecule has 0 spiro atoms. The molecule has 1 heterocycles. The van der Waals surface area contributed by atoms with Crippen LogP contribution in [0.25, 0.3) is 0 Å². The second kappa shape index (κ2) is 7.02. The Kier molecular flexibility index (Phi) is 5.33. The molecule has 4 nitrogen and oxygen atoms in total. The van der Waals surface area contributed by atoms with E-state index in [0.29, 0.717) is 11.6 Å². The van der Waals surface area contributed by atoms with Crippen molar-refractivity contribution in [2.75, 3.05) is 0 Å². The van der Waals surface area contributed by atoms with E-state index in [9.17, 15) is 10.1 Å². The first kappa shape index (κ1) is 15.9. The summed E-state index contributed by atoms with van der Waals surface area (Å²) in [6, 6.07) is 9.05. The minimum absolute atomic E-state index is 0.0673. The largest absolute Gasteiger partial charge is 0.310 e. The zero-order chi connectivity index (χ0) is 15.4. The van der Waals surface area contributed by atoms with Gasteiger partial charge in [0.1, 0.15) is 0 Å². The lowest BCUT2D eigenvalue weighted by Gasteiger charge is -2.13. The summed E-state index contributed by atoms with van der Waals surface area (Å²) >= 11 is 7.88. The zero-order valence-electron chi connectivity index (χ0n) is 11.9. The first-order chi connectivity index (χ1) is 9.95. The van der Waals surface area contributed by atoms with Crippen LogP contribution < -0.4 is 5.32 Å². The lowest BCUT2D eigenvalue weighted by molar-refractivity contribution is -0.384. The van der Waals surface area contributed by atoms with Gasteiger partial charge in [0.05, 0.1) is 4.92 Å². The number of non-ortho nitro benzene ring substituents is 1. The number of hydrogen-bond donors (Lipinski definition) is 1.